The maximum absolute atomic E-state index is 12.8. The summed E-state index contributed by atoms with van der Waals surface area (Å²) in [5.41, 5.74) is 5.02. The summed E-state index contributed by atoms with van der Waals surface area (Å²) in [5.74, 6) is 0. The van der Waals surface area contributed by atoms with Gasteiger partial charge in [0.2, 0.25) is 0 Å². The molecule has 0 spiro atoms. The molecule has 0 aliphatic heterocycles. The average molecular weight is 442 g/mol. The average Bonchev–Trinajstić information content (AvgIpc) is 2.83. The van der Waals surface area contributed by atoms with E-state index in [2.05, 4.69) is 53.6 Å². The lowest BCUT2D eigenvalue weighted by Gasteiger charge is -2.26. The van der Waals surface area contributed by atoms with Crippen molar-refractivity contribution in [3.05, 3.63) is 118 Å². The molecule has 0 aliphatic rings. The van der Waals surface area contributed by atoms with E-state index in [1.165, 1.54) is 5.56 Å². The van der Waals surface area contributed by atoms with E-state index in [-0.39, 0.29) is 5.56 Å². The van der Waals surface area contributed by atoms with Crippen molar-refractivity contribution in [2.75, 3.05) is 0 Å². The minimum atomic E-state index is -0.0781. The van der Waals surface area contributed by atoms with Gasteiger partial charge in [-0.1, -0.05) is 73.7 Å². The smallest absolute Gasteiger partial charge is 0.253 e. The number of rotatable bonds is 7. The van der Waals surface area contributed by atoms with Crippen molar-refractivity contribution >= 4 is 28.2 Å². The summed E-state index contributed by atoms with van der Waals surface area (Å²) < 4.78 is 0. The van der Waals surface area contributed by atoms with Crippen molar-refractivity contribution in [1.82, 2.24) is 15.2 Å². The topological polar surface area (TPSA) is 48.1 Å². The van der Waals surface area contributed by atoms with Crippen LogP contribution in [0.3, 0.4) is 0 Å². The first kappa shape index (κ1) is 21.8. The van der Waals surface area contributed by atoms with Crippen molar-refractivity contribution in [1.29, 1.82) is 0 Å². The number of hydrogen-bond donors (Lipinski definition) is 2. The molecule has 162 valence electrons. The van der Waals surface area contributed by atoms with Crippen LogP contribution in [0.4, 0.5) is 0 Å². The first-order chi connectivity index (χ1) is 15.6. The molecule has 5 heteroatoms. The Labute approximate surface area is 193 Å². The largest absolute Gasteiger partial charge is 0.358 e. The van der Waals surface area contributed by atoms with Crippen LogP contribution in [0.2, 0.25) is 0 Å². The molecule has 4 nitrogen and oxygen atoms in total. The zero-order chi connectivity index (χ0) is 22.3. The van der Waals surface area contributed by atoms with Gasteiger partial charge in [-0.3, -0.25) is 4.79 Å². The lowest BCUT2D eigenvalue weighted by molar-refractivity contribution is 0.397. The van der Waals surface area contributed by atoms with Crippen molar-refractivity contribution in [2.24, 2.45) is 0 Å². The van der Waals surface area contributed by atoms with Crippen LogP contribution in [0.5, 0.6) is 0 Å². The SMILES string of the molecule is CCc1ccc2[nH]c(=O)c(CN(Cc3ccccc3)C(=S)NCc3ccccc3)cc2c1. The highest BCUT2D eigenvalue weighted by Crippen LogP contribution is 2.16. The van der Waals surface area contributed by atoms with E-state index in [9.17, 15) is 4.79 Å². The molecule has 1 heterocycles. The summed E-state index contributed by atoms with van der Waals surface area (Å²) in [6.45, 7) is 3.82. The van der Waals surface area contributed by atoms with E-state index < -0.39 is 0 Å². The van der Waals surface area contributed by atoms with Gasteiger partial charge >= 0.3 is 0 Å². The Kier molecular flexibility index (Phi) is 6.97. The second kappa shape index (κ2) is 10.2. The monoisotopic (exact) mass is 441 g/mol. The van der Waals surface area contributed by atoms with Crippen molar-refractivity contribution in [3.63, 3.8) is 0 Å². The molecule has 4 rings (SSSR count). The van der Waals surface area contributed by atoms with Crippen LogP contribution in [-0.4, -0.2) is 15.0 Å². The van der Waals surface area contributed by atoms with Crippen LogP contribution in [0.1, 0.15) is 29.2 Å². The number of aryl methyl sites for hydroxylation is 1. The zero-order valence-electron chi connectivity index (χ0n) is 18.2. The number of fused-ring (bicyclic) bond motifs is 1. The van der Waals surface area contributed by atoms with Crippen molar-refractivity contribution in [3.8, 4) is 0 Å². The Balaban J connectivity index is 1.59. The summed E-state index contributed by atoms with van der Waals surface area (Å²) >= 11 is 5.75. The standard InChI is InChI=1S/C27H27N3OS/c1-2-20-13-14-25-23(15-20)16-24(26(31)29-25)19-30(18-22-11-7-4-8-12-22)27(32)28-17-21-9-5-3-6-10-21/h3-16H,2,17-19H2,1H3,(H,28,32)(H,29,31). The minimum absolute atomic E-state index is 0.0781. The van der Waals surface area contributed by atoms with Gasteiger partial charge in [-0.2, -0.15) is 0 Å². The van der Waals surface area contributed by atoms with Gasteiger partial charge in [-0.15, -0.1) is 0 Å². The summed E-state index contributed by atoms with van der Waals surface area (Å²) in [7, 11) is 0. The van der Waals surface area contributed by atoms with E-state index in [0.29, 0.717) is 30.3 Å². The predicted molar refractivity (Wildman–Crippen MR) is 136 cm³/mol. The molecule has 0 radical (unpaired) electrons. The number of thiocarbonyl (C=S) groups is 1. The fraction of sp³-hybridized carbons (Fsp3) is 0.185. The highest BCUT2D eigenvalue weighted by Gasteiger charge is 2.14. The quantitative estimate of drug-likeness (QED) is 0.389. The second-order valence-electron chi connectivity index (χ2n) is 7.88. The van der Waals surface area contributed by atoms with Crippen LogP contribution >= 0.6 is 12.2 Å². The van der Waals surface area contributed by atoms with Gasteiger partial charge in [0, 0.05) is 24.2 Å². The molecule has 0 amide bonds. The first-order valence-electron chi connectivity index (χ1n) is 10.9. The molecule has 0 unspecified atom stereocenters. The molecular formula is C27H27N3OS. The molecule has 0 fully saturated rings. The Bertz CT molecular complexity index is 1250. The van der Waals surface area contributed by atoms with E-state index in [1.54, 1.807) is 0 Å². The molecule has 0 bridgehead atoms. The summed E-state index contributed by atoms with van der Waals surface area (Å²) in [6.07, 6.45) is 0.956. The number of benzene rings is 3. The molecule has 0 aliphatic carbocycles. The summed E-state index contributed by atoms with van der Waals surface area (Å²) in [5, 5.41) is 5.03. The number of hydrogen-bond acceptors (Lipinski definition) is 2. The molecule has 3 aromatic carbocycles. The Hall–Kier alpha value is -3.44. The van der Waals surface area contributed by atoms with E-state index in [4.69, 9.17) is 12.2 Å². The molecule has 2 N–H and O–H groups in total. The summed E-state index contributed by atoms with van der Waals surface area (Å²) in [4.78, 5) is 17.9. The van der Waals surface area contributed by atoms with E-state index in [0.717, 1.165) is 28.5 Å². The molecule has 0 saturated heterocycles. The molecule has 0 saturated carbocycles. The van der Waals surface area contributed by atoms with E-state index in [1.807, 2.05) is 53.4 Å². The number of H-pyrrole nitrogens is 1. The van der Waals surface area contributed by atoms with Crippen LogP contribution in [0.25, 0.3) is 10.9 Å². The molecule has 32 heavy (non-hydrogen) atoms. The lowest BCUT2D eigenvalue weighted by atomic mass is 10.1. The Morgan fingerprint density at radius 1 is 0.875 bits per heavy atom. The molecule has 1 aromatic heterocycles. The molecular weight excluding hydrogens is 414 g/mol. The van der Waals surface area contributed by atoms with Crippen molar-refractivity contribution in [2.45, 2.75) is 33.0 Å². The van der Waals surface area contributed by atoms with Crippen LogP contribution in [-0.2, 0) is 26.1 Å². The van der Waals surface area contributed by atoms with Gasteiger partial charge in [-0.25, -0.2) is 0 Å². The van der Waals surface area contributed by atoms with Crippen LogP contribution in [0.15, 0.2) is 89.7 Å². The zero-order valence-corrected chi connectivity index (χ0v) is 19.0. The second-order valence-corrected chi connectivity index (χ2v) is 8.27. The van der Waals surface area contributed by atoms with Gasteiger partial charge < -0.3 is 15.2 Å². The van der Waals surface area contributed by atoms with E-state index >= 15 is 0 Å². The molecule has 4 aromatic rings. The predicted octanol–water partition coefficient (Wildman–Crippen LogP) is 5.17. The molecule has 0 atom stereocenters. The summed E-state index contributed by atoms with van der Waals surface area (Å²) in [6, 6.07) is 28.5. The van der Waals surface area contributed by atoms with Gasteiger partial charge in [0.05, 0.1) is 6.54 Å². The van der Waals surface area contributed by atoms with Gasteiger partial charge in [-0.05, 0) is 58.9 Å². The highest BCUT2D eigenvalue weighted by molar-refractivity contribution is 7.80. The minimum Gasteiger partial charge on any atom is -0.358 e. The highest BCUT2D eigenvalue weighted by atomic mass is 32.1. The van der Waals surface area contributed by atoms with Crippen molar-refractivity contribution < 1.29 is 0 Å². The third-order valence-corrected chi connectivity index (χ3v) is 5.95. The fourth-order valence-electron chi connectivity index (χ4n) is 3.73. The Morgan fingerprint density at radius 2 is 1.56 bits per heavy atom. The number of pyridine rings is 1. The van der Waals surface area contributed by atoms with Gasteiger partial charge in [0.25, 0.3) is 5.56 Å². The fourth-order valence-corrected chi connectivity index (χ4v) is 3.93. The number of nitrogens with zero attached hydrogens (tertiary/aromatic N) is 1. The van der Waals surface area contributed by atoms with Gasteiger partial charge in [0.1, 0.15) is 0 Å². The number of aromatic nitrogens is 1. The first-order valence-corrected chi connectivity index (χ1v) is 11.3. The number of aromatic amines is 1. The maximum atomic E-state index is 12.8. The third kappa shape index (κ3) is 5.42. The maximum Gasteiger partial charge on any atom is 0.253 e. The Morgan fingerprint density at radius 3 is 2.25 bits per heavy atom. The van der Waals surface area contributed by atoms with Gasteiger partial charge in [0.15, 0.2) is 5.11 Å². The lowest BCUT2D eigenvalue weighted by Crippen LogP contribution is -2.39. The van der Waals surface area contributed by atoms with Crippen LogP contribution in [0, 0.1) is 0 Å². The van der Waals surface area contributed by atoms with Crippen LogP contribution < -0.4 is 10.9 Å². The number of nitrogens with one attached hydrogen (secondary N) is 2. The normalized spacial score (nSPS) is 10.8. The third-order valence-electron chi connectivity index (χ3n) is 5.55.